The van der Waals surface area contributed by atoms with Gasteiger partial charge in [0.1, 0.15) is 30.0 Å². The lowest BCUT2D eigenvalue weighted by atomic mass is 9.77. The van der Waals surface area contributed by atoms with Crippen LogP contribution in [0.15, 0.2) is 30.3 Å². The van der Waals surface area contributed by atoms with E-state index in [4.69, 9.17) is 28.4 Å². The second kappa shape index (κ2) is 19.9. The van der Waals surface area contributed by atoms with Crippen LogP contribution in [0.1, 0.15) is 100 Å². The highest BCUT2D eigenvalue weighted by Gasteiger charge is 2.52. The van der Waals surface area contributed by atoms with Crippen molar-refractivity contribution in [2.45, 2.75) is 192 Å². The molecule has 0 aliphatic carbocycles. The van der Waals surface area contributed by atoms with Gasteiger partial charge in [0.2, 0.25) is 0 Å². The van der Waals surface area contributed by atoms with Gasteiger partial charge in [-0.05, 0) is 93.3 Å². The molecule has 3 aliphatic rings. The summed E-state index contributed by atoms with van der Waals surface area (Å²) in [6, 6.07) is 9.12. The Morgan fingerprint density at radius 3 is 2.17 bits per heavy atom. The molecule has 0 bridgehead atoms. The van der Waals surface area contributed by atoms with Gasteiger partial charge in [-0.15, -0.1) is 0 Å². The third-order valence-corrected chi connectivity index (χ3v) is 13.4. The van der Waals surface area contributed by atoms with Crippen molar-refractivity contribution < 1.29 is 58.7 Å². The Hall–Kier alpha value is -1.79. The number of aliphatic hydroxyl groups is 5. The van der Waals surface area contributed by atoms with Crippen LogP contribution < -0.4 is 0 Å². The molecule has 14 nitrogen and oxygen atoms in total. The average molecular weight is 825 g/mol. The van der Waals surface area contributed by atoms with E-state index in [-0.39, 0.29) is 37.3 Å². The molecule has 5 N–H and O–H groups in total. The van der Waals surface area contributed by atoms with Gasteiger partial charge in [0.25, 0.3) is 0 Å². The van der Waals surface area contributed by atoms with Crippen LogP contribution in [0, 0.1) is 17.8 Å². The van der Waals surface area contributed by atoms with Crippen LogP contribution in [0.4, 0.5) is 0 Å². The van der Waals surface area contributed by atoms with Gasteiger partial charge >= 0.3 is 5.97 Å². The topological polar surface area (TPSA) is 180 Å². The maximum Gasteiger partial charge on any atom is 0.311 e. The number of methoxy groups -OCH3 is 1. The van der Waals surface area contributed by atoms with Crippen molar-refractivity contribution in [2.24, 2.45) is 17.8 Å². The quantitative estimate of drug-likeness (QED) is 0.229. The van der Waals surface area contributed by atoms with Crippen molar-refractivity contribution in [3.8, 4) is 0 Å². The SMILES string of the molecule is CCC1OC(=O)C(C)C(OC2C[C@@](C)(OC)[C@@H](O)[C@H](C)O2)C(C)C(O[C@@H]2O[C@H](C)C[C@H](N(C)Cc3ccccc3)[C@H]2O)C(C)(O)CC(C)CN(C)C(C)C(O)C1(C)O. The van der Waals surface area contributed by atoms with Gasteiger partial charge in [-0.3, -0.25) is 9.69 Å². The Kier molecular flexibility index (Phi) is 16.8. The van der Waals surface area contributed by atoms with Crippen molar-refractivity contribution in [3.05, 3.63) is 35.9 Å². The molecule has 11 unspecified atom stereocenters. The Labute approximate surface area is 347 Å². The molecule has 3 heterocycles. The smallest absolute Gasteiger partial charge is 0.311 e. The summed E-state index contributed by atoms with van der Waals surface area (Å²) in [6.45, 7) is 18.7. The van der Waals surface area contributed by atoms with E-state index in [1.807, 2.05) is 70.1 Å². The lowest BCUT2D eigenvalue weighted by molar-refractivity contribution is -0.318. The summed E-state index contributed by atoms with van der Waals surface area (Å²) in [6.07, 6.45) is -8.51. The zero-order valence-electron chi connectivity index (χ0n) is 37.3. The van der Waals surface area contributed by atoms with E-state index < -0.39 is 96.0 Å². The molecule has 18 atom stereocenters. The highest BCUT2D eigenvalue weighted by atomic mass is 16.7. The van der Waals surface area contributed by atoms with Gasteiger partial charge in [-0.25, -0.2) is 0 Å². The minimum Gasteiger partial charge on any atom is -0.459 e. The zero-order chi connectivity index (χ0) is 43.5. The van der Waals surface area contributed by atoms with Crippen LogP contribution in [0.3, 0.4) is 0 Å². The zero-order valence-corrected chi connectivity index (χ0v) is 37.3. The van der Waals surface area contributed by atoms with Crippen LogP contribution in [-0.2, 0) is 39.8 Å². The summed E-state index contributed by atoms with van der Waals surface area (Å²) >= 11 is 0. The van der Waals surface area contributed by atoms with Crippen LogP contribution in [0.2, 0.25) is 0 Å². The third kappa shape index (κ3) is 11.2. The third-order valence-electron chi connectivity index (χ3n) is 13.4. The molecular weight excluding hydrogens is 748 g/mol. The van der Waals surface area contributed by atoms with Crippen molar-refractivity contribution >= 4 is 5.97 Å². The standard InChI is InChI=1S/C44H76N2O12/c1-14-33-44(10,52)37(48)29(6)45(11)23-25(2)21-42(8,51)39(58-41-35(47)32(20-26(3)54-41)46(12)24-31-18-16-15-17-19-31)27(4)36(28(5)40(50)56-33)57-34-22-43(9,53-13)38(49)30(7)55-34/h15-19,25-30,32-39,41,47-49,51-52H,14,20-24H2,1-13H3/t25?,26-,27?,28?,29?,30+,32+,33?,34?,35-,36?,37?,38+,39?,41+,42?,43-,44?/m1/s1. The second-order valence-corrected chi connectivity index (χ2v) is 18.6. The van der Waals surface area contributed by atoms with Crippen LogP contribution in [-0.4, -0.2) is 159 Å². The summed E-state index contributed by atoms with van der Waals surface area (Å²) in [7, 11) is 5.32. The number of likely N-dealkylation sites (N-methyl/N-ethyl adjacent to an activating group) is 2. The first kappa shape index (κ1) is 48.9. The van der Waals surface area contributed by atoms with E-state index in [9.17, 15) is 30.3 Å². The maximum atomic E-state index is 14.3. The molecule has 0 radical (unpaired) electrons. The molecule has 0 spiro atoms. The molecule has 0 amide bonds. The Bertz CT molecular complexity index is 1440. The fourth-order valence-electron chi connectivity index (χ4n) is 9.65. The van der Waals surface area contributed by atoms with Gasteiger partial charge in [0, 0.05) is 44.6 Å². The molecule has 3 saturated heterocycles. The summed E-state index contributed by atoms with van der Waals surface area (Å²) < 4.78 is 38.0. The molecule has 1 aromatic carbocycles. The normalized spacial score (nSPS) is 45.6. The lowest BCUT2D eigenvalue weighted by Gasteiger charge is -2.49. The number of hydrogen-bond acceptors (Lipinski definition) is 14. The first-order valence-electron chi connectivity index (χ1n) is 21.3. The van der Waals surface area contributed by atoms with E-state index in [0.29, 0.717) is 19.5 Å². The van der Waals surface area contributed by atoms with E-state index >= 15 is 0 Å². The summed E-state index contributed by atoms with van der Waals surface area (Å²) in [5.74, 6) is -2.65. The molecular formula is C44H76N2O12. The van der Waals surface area contributed by atoms with Crippen LogP contribution in [0.5, 0.6) is 0 Å². The molecule has 1 aromatic rings. The fraction of sp³-hybridized carbons (Fsp3) is 0.841. The van der Waals surface area contributed by atoms with Crippen molar-refractivity contribution in [3.63, 3.8) is 0 Å². The number of carbonyl (C=O) groups is 1. The average Bonchev–Trinajstić information content (AvgIpc) is 3.16. The van der Waals surface area contributed by atoms with Crippen molar-refractivity contribution in [1.82, 2.24) is 9.80 Å². The number of benzene rings is 1. The number of cyclic esters (lactones) is 1. The fourth-order valence-corrected chi connectivity index (χ4v) is 9.65. The number of nitrogens with zero attached hydrogens (tertiary/aromatic N) is 2. The number of rotatable bonds is 9. The first-order chi connectivity index (χ1) is 27.0. The molecule has 3 fully saturated rings. The van der Waals surface area contributed by atoms with E-state index in [2.05, 4.69) is 4.90 Å². The minimum atomic E-state index is -1.81. The summed E-state index contributed by atoms with van der Waals surface area (Å²) in [5, 5.41) is 59.1. The predicted octanol–water partition coefficient (Wildman–Crippen LogP) is 3.47. The minimum absolute atomic E-state index is 0.124. The molecule has 3 aliphatic heterocycles. The van der Waals surface area contributed by atoms with Crippen molar-refractivity contribution in [1.29, 1.82) is 0 Å². The number of hydrogen-bond donors (Lipinski definition) is 5. The number of esters is 1. The molecule has 0 saturated carbocycles. The van der Waals surface area contributed by atoms with Gasteiger partial charge < -0.3 is 58.9 Å². The molecule has 14 heteroatoms. The Morgan fingerprint density at radius 1 is 0.931 bits per heavy atom. The highest BCUT2D eigenvalue weighted by molar-refractivity contribution is 5.73. The monoisotopic (exact) mass is 825 g/mol. The van der Waals surface area contributed by atoms with E-state index in [1.54, 1.807) is 41.5 Å². The Balaban J connectivity index is 1.79. The van der Waals surface area contributed by atoms with Crippen LogP contribution in [0.25, 0.3) is 0 Å². The first-order valence-corrected chi connectivity index (χ1v) is 21.3. The molecule has 334 valence electrons. The molecule has 0 aromatic heterocycles. The summed E-state index contributed by atoms with van der Waals surface area (Å²) in [5.41, 5.74) is -3.34. The second-order valence-electron chi connectivity index (χ2n) is 18.6. The molecule has 4 rings (SSSR count). The largest absolute Gasteiger partial charge is 0.459 e. The number of carbonyl (C=O) groups excluding carboxylic acids is 1. The molecule has 58 heavy (non-hydrogen) atoms. The maximum absolute atomic E-state index is 14.3. The lowest BCUT2D eigenvalue weighted by Crippen LogP contribution is -2.60. The van der Waals surface area contributed by atoms with Gasteiger partial charge in [-0.1, -0.05) is 51.1 Å². The van der Waals surface area contributed by atoms with Crippen molar-refractivity contribution in [2.75, 3.05) is 27.7 Å². The highest BCUT2D eigenvalue weighted by Crippen LogP contribution is 2.40. The predicted molar refractivity (Wildman–Crippen MR) is 218 cm³/mol. The summed E-state index contributed by atoms with van der Waals surface area (Å²) in [4.78, 5) is 18.4. The Morgan fingerprint density at radius 2 is 1.57 bits per heavy atom. The van der Waals surface area contributed by atoms with Gasteiger partial charge in [-0.2, -0.15) is 0 Å². The number of ether oxygens (including phenoxy) is 6. The van der Waals surface area contributed by atoms with Crippen LogP contribution >= 0.6 is 0 Å². The van der Waals surface area contributed by atoms with Gasteiger partial charge in [0.05, 0.1) is 41.5 Å². The van der Waals surface area contributed by atoms with Gasteiger partial charge in [0.15, 0.2) is 12.6 Å². The van der Waals surface area contributed by atoms with E-state index in [1.165, 1.54) is 14.0 Å². The van der Waals surface area contributed by atoms with E-state index in [0.717, 1.165) is 5.56 Å². The number of aliphatic hydroxyl groups excluding tert-OH is 3.